The zero-order valence-electron chi connectivity index (χ0n) is 6.44. The first-order valence-electron chi connectivity index (χ1n) is 3.45. The molecule has 1 aromatic rings. The number of thioether (sulfide) groups is 1. The monoisotopic (exact) mass is 184 g/mol. The zero-order chi connectivity index (χ0) is 8.55. The first kappa shape index (κ1) is 7.48. The van der Waals surface area contributed by atoms with Crippen molar-refractivity contribution in [2.45, 2.75) is 5.50 Å². The van der Waals surface area contributed by atoms with E-state index in [9.17, 15) is 4.79 Å². The SMILES string of the molecule is CSC1NC(=O)n2nccc2N1. The fourth-order valence-corrected chi connectivity index (χ4v) is 1.49. The largest absolute Gasteiger partial charge is 0.346 e. The lowest BCUT2D eigenvalue weighted by molar-refractivity contribution is 0.238. The number of hydrogen-bond donors (Lipinski definition) is 2. The smallest absolute Gasteiger partial charge is 0.341 e. The Bertz CT molecular complexity index is 310. The minimum absolute atomic E-state index is 0.0540. The van der Waals surface area contributed by atoms with Crippen LogP contribution in [0.5, 0.6) is 0 Å². The van der Waals surface area contributed by atoms with E-state index in [4.69, 9.17) is 0 Å². The number of nitrogens with zero attached hydrogens (tertiary/aromatic N) is 2. The van der Waals surface area contributed by atoms with Crippen molar-refractivity contribution < 1.29 is 4.79 Å². The number of aromatic nitrogens is 2. The molecule has 0 saturated heterocycles. The molecule has 1 amide bonds. The highest BCUT2D eigenvalue weighted by Crippen LogP contribution is 2.15. The lowest BCUT2D eigenvalue weighted by Crippen LogP contribution is -2.46. The second kappa shape index (κ2) is 2.71. The molecular formula is C6H8N4OS. The van der Waals surface area contributed by atoms with Crippen LogP contribution in [0.3, 0.4) is 0 Å². The maximum Gasteiger partial charge on any atom is 0.346 e. The van der Waals surface area contributed by atoms with Crippen molar-refractivity contribution in [3.05, 3.63) is 12.3 Å². The summed E-state index contributed by atoms with van der Waals surface area (Å²) < 4.78 is 1.30. The number of rotatable bonds is 1. The molecule has 2 N–H and O–H groups in total. The van der Waals surface area contributed by atoms with E-state index >= 15 is 0 Å². The molecule has 0 aliphatic carbocycles. The molecule has 12 heavy (non-hydrogen) atoms. The average Bonchev–Trinajstić information content (AvgIpc) is 2.52. The molecule has 1 unspecified atom stereocenters. The number of carbonyl (C=O) groups excluding carboxylic acids is 1. The van der Waals surface area contributed by atoms with Crippen molar-refractivity contribution >= 4 is 23.6 Å². The third-order valence-corrected chi connectivity index (χ3v) is 2.31. The number of fused-ring (bicyclic) bond motifs is 1. The van der Waals surface area contributed by atoms with Crippen molar-refractivity contribution in [2.24, 2.45) is 0 Å². The Hall–Kier alpha value is -1.17. The van der Waals surface area contributed by atoms with Crippen LogP contribution in [0.25, 0.3) is 0 Å². The lowest BCUT2D eigenvalue weighted by Gasteiger charge is -2.24. The summed E-state index contributed by atoms with van der Waals surface area (Å²) >= 11 is 1.53. The molecule has 2 heterocycles. The fourth-order valence-electron chi connectivity index (χ4n) is 1.04. The molecule has 0 fully saturated rings. The van der Waals surface area contributed by atoms with Gasteiger partial charge in [-0.2, -0.15) is 9.78 Å². The van der Waals surface area contributed by atoms with E-state index in [1.807, 2.05) is 6.26 Å². The molecule has 6 heteroatoms. The summed E-state index contributed by atoms with van der Waals surface area (Å²) in [7, 11) is 0. The number of amides is 1. The van der Waals surface area contributed by atoms with Gasteiger partial charge in [-0.3, -0.25) is 0 Å². The van der Waals surface area contributed by atoms with E-state index < -0.39 is 0 Å². The highest BCUT2D eigenvalue weighted by Gasteiger charge is 2.21. The summed E-state index contributed by atoms with van der Waals surface area (Å²) in [6.07, 6.45) is 3.51. The summed E-state index contributed by atoms with van der Waals surface area (Å²) in [5, 5.41) is 9.65. The Morgan fingerprint density at radius 1 is 1.67 bits per heavy atom. The van der Waals surface area contributed by atoms with Crippen LogP contribution in [-0.4, -0.2) is 27.6 Å². The van der Waals surface area contributed by atoms with Gasteiger partial charge < -0.3 is 10.6 Å². The summed E-state index contributed by atoms with van der Waals surface area (Å²) in [6.45, 7) is 0. The van der Waals surface area contributed by atoms with Gasteiger partial charge in [0.25, 0.3) is 0 Å². The van der Waals surface area contributed by atoms with Gasteiger partial charge >= 0.3 is 6.03 Å². The highest BCUT2D eigenvalue weighted by atomic mass is 32.2. The van der Waals surface area contributed by atoms with E-state index in [0.717, 1.165) is 5.82 Å². The Morgan fingerprint density at radius 3 is 3.25 bits per heavy atom. The van der Waals surface area contributed by atoms with Crippen molar-refractivity contribution in [1.82, 2.24) is 15.1 Å². The average molecular weight is 184 g/mol. The predicted octanol–water partition coefficient (Wildman–Crippen LogP) is 0.513. The molecule has 0 saturated carbocycles. The standard InChI is InChI=1S/C6H8N4OS/c1-12-5-8-4-2-3-7-10(4)6(11)9-5/h2-3,5,8H,1H3,(H,9,11). The second-order valence-electron chi connectivity index (χ2n) is 2.34. The molecular weight excluding hydrogens is 176 g/mol. The van der Waals surface area contributed by atoms with Gasteiger partial charge in [-0.05, 0) is 6.26 Å². The van der Waals surface area contributed by atoms with Crippen molar-refractivity contribution in [3.8, 4) is 0 Å². The van der Waals surface area contributed by atoms with Gasteiger partial charge in [0.05, 0.1) is 6.20 Å². The lowest BCUT2D eigenvalue weighted by atomic mass is 10.6. The van der Waals surface area contributed by atoms with Gasteiger partial charge in [0.15, 0.2) is 0 Å². The van der Waals surface area contributed by atoms with Gasteiger partial charge in [0, 0.05) is 6.07 Å². The molecule has 0 spiro atoms. The van der Waals surface area contributed by atoms with Gasteiger partial charge in [-0.15, -0.1) is 11.8 Å². The Labute approximate surface area is 73.5 Å². The molecule has 2 rings (SSSR count). The maximum absolute atomic E-state index is 11.3. The number of anilines is 1. The van der Waals surface area contributed by atoms with Crippen LogP contribution in [-0.2, 0) is 0 Å². The third-order valence-electron chi connectivity index (χ3n) is 1.60. The first-order valence-corrected chi connectivity index (χ1v) is 4.74. The number of hydrogen-bond acceptors (Lipinski definition) is 4. The summed E-state index contributed by atoms with van der Waals surface area (Å²) in [5.41, 5.74) is -0.0540. The van der Waals surface area contributed by atoms with Gasteiger partial charge in [0.2, 0.25) is 0 Å². The zero-order valence-corrected chi connectivity index (χ0v) is 7.26. The van der Waals surface area contributed by atoms with Crippen molar-refractivity contribution in [1.29, 1.82) is 0 Å². The molecule has 1 aliphatic heterocycles. The molecule has 0 radical (unpaired) electrons. The van der Waals surface area contributed by atoms with E-state index in [2.05, 4.69) is 15.7 Å². The Morgan fingerprint density at radius 2 is 2.50 bits per heavy atom. The summed E-state index contributed by atoms with van der Waals surface area (Å²) in [6, 6.07) is 1.58. The first-order chi connectivity index (χ1) is 5.81. The topological polar surface area (TPSA) is 59.0 Å². The van der Waals surface area contributed by atoms with Crippen LogP contribution in [0.4, 0.5) is 10.6 Å². The molecule has 0 aromatic carbocycles. The minimum atomic E-state index is -0.187. The molecule has 0 bridgehead atoms. The molecule has 1 atom stereocenters. The Balaban J connectivity index is 2.32. The third kappa shape index (κ3) is 1.04. The van der Waals surface area contributed by atoms with Crippen LogP contribution in [0.15, 0.2) is 12.3 Å². The Kier molecular flexibility index (Phi) is 1.69. The second-order valence-corrected chi connectivity index (χ2v) is 3.28. The molecule has 1 aromatic heterocycles. The molecule has 5 nitrogen and oxygen atoms in total. The normalized spacial score (nSPS) is 21.1. The van der Waals surface area contributed by atoms with E-state index in [1.54, 1.807) is 12.3 Å². The molecule has 1 aliphatic rings. The maximum atomic E-state index is 11.3. The van der Waals surface area contributed by atoms with E-state index in [-0.39, 0.29) is 11.5 Å². The number of carbonyl (C=O) groups is 1. The van der Waals surface area contributed by atoms with Crippen LogP contribution in [0, 0.1) is 0 Å². The number of nitrogens with one attached hydrogen (secondary N) is 2. The van der Waals surface area contributed by atoms with Crippen molar-refractivity contribution in [2.75, 3.05) is 11.6 Å². The molecule has 64 valence electrons. The van der Waals surface area contributed by atoms with Crippen molar-refractivity contribution in [3.63, 3.8) is 0 Å². The van der Waals surface area contributed by atoms with Gasteiger partial charge in [-0.1, -0.05) is 0 Å². The van der Waals surface area contributed by atoms with Gasteiger partial charge in [-0.25, -0.2) is 4.79 Å². The minimum Gasteiger partial charge on any atom is -0.341 e. The summed E-state index contributed by atoms with van der Waals surface area (Å²) in [4.78, 5) is 11.3. The van der Waals surface area contributed by atoms with Crippen LogP contribution in [0.2, 0.25) is 0 Å². The van der Waals surface area contributed by atoms with E-state index in [1.165, 1.54) is 16.4 Å². The fraction of sp³-hybridized carbons (Fsp3) is 0.333. The van der Waals surface area contributed by atoms with E-state index in [0.29, 0.717) is 0 Å². The van der Waals surface area contributed by atoms with Crippen LogP contribution in [0.1, 0.15) is 0 Å². The van der Waals surface area contributed by atoms with Crippen LogP contribution >= 0.6 is 11.8 Å². The van der Waals surface area contributed by atoms with Gasteiger partial charge in [0.1, 0.15) is 11.3 Å². The highest BCUT2D eigenvalue weighted by molar-refractivity contribution is 7.99. The summed E-state index contributed by atoms with van der Waals surface area (Å²) in [5.74, 6) is 0.734. The van der Waals surface area contributed by atoms with Crippen LogP contribution < -0.4 is 10.6 Å². The predicted molar refractivity (Wildman–Crippen MR) is 47.1 cm³/mol. The quantitative estimate of drug-likeness (QED) is 0.667.